The maximum atomic E-state index is 12.7. The summed E-state index contributed by atoms with van der Waals surface area (Å²) in [4.78, 5) is 26.2. The Bertz CT molecular complexity index is 837. The average molecular weight is 399 g/mol. The number of carbonyl (C=O) groups is 1. The van der Waals surface area contributed by atoms with Crippen molar-refractivity contribution in [3.63, 3.8) is 0 Å². The van der Waals surface area contributed by atoms with Gasteiger partial charge in [0.15, 0.2) is 5.16 Å². The van der Waals surface area contributed by atoms with Crippen LogP contribution in [0.15, 0.2) is 23.4 Å². The van der Waals surface area contributed by atoms with Crippen molar-refractivity contribution in [3.8, 4) is 0 Å². The van der Waals surface area contributed by atoms with Gasteiger partial charge in [-0.15, -0.1) is 0 Å². The molecule has 1 aromatic carbocycles. The van der Waals surface area contributed by atoms with E-state index in [4.69, 9.17) is 0 Å². The number of carbonyl (C=O) groups excluding carboxylic acids is 1. The number of piperazine rings is 1. The highest BCUT2D eigenvalue weighted by atomic mass is 32.2. The molecule has 0 unspecified atom stereocenters. The fraction of sp³-hybridized carbons (Fsp3) is 0.500. The van der Waals surface area contributed by atoms with Crippen LogP contribution in [0.5, 0.6) is 0 Å². The second-order valence-corrected chi connectivity index (χ2v) is 8.22. The van der Waals surface area contributed by atoms with Gasteiger partial charge in [-0.05, 0) is 63.1 Å². The second-order valence-electron chi connectivity index (χ2n) is 7.45. The van der Waals surface area contributed by atoms with Crippen molar-refractivity contribution in [2.75, 3.05) is 37.3 Å². The van der Waals surface area contributed by atoms with Crippen LogP contribution in [-0.2, 0) is 11.2 Å². The van der Waals surface area contributed by atoms with Crippen molar-refractivity contribution in [1.29, 1.82) is 0 Å². The minimum atomic E-state index is 0.230. The molecule has 2 heterocycles. The second kappa shape index (κ2) is 8.95. The fourth-order valence-electron chi connectivity index (χ4n) is 3.83. The SMILES string of the molecule is CSc1nc(C)c(CCC(=O)N2CCN(c3cccc(C)c3C)CC2)c(C)n1. The molecule has 0 saturated carbocycles. The summed E-state index contributed by atoms with van der Waals surface area (Å²) < 4.78 is 0. The summed E-state index contributed by atoms with van der Waals surface area (Å²) in [6, 6.07) is 6.45. The summed E-state index contributed by atoms with van der Waals surface area (Å²) in [5.74, 6) is 0.230. The van der Waals surface area contributed by atoms with E-state index in [1.807, 2.05) is 25.0 Å². The minimum Gasteiger partial charge on any atom is -0.368 e. The Morgan fingerprint density at radius 2 is 1.68 bits per heavy atom. The molecule has 1 fully saturated rings. The van der Waals surface area contributed by atoms with Crippen LogP contribution < -0.4 is 4.90 Å². The molecular weight excluding hydrogens is 368 g/mol. The molecule has 0 N–H and O–H groups in total. The van der Waals surface area contributed by atoms with Crippen LogP contribution in [0, 0.1) is 27.7 Å². The molecule has 0 bridgehead atoms. The molecule has 2 aromatic rings. The maximum absolute atomic E-state index is 12.7. The molecule has 1 aromatic heterocycles. The van der Waals surface area contributed by atoms with E-state index in [1.165, 1.54) is 16.8 Å². The molecule has 5 nitrogen and oxygen atoms in total. The summed E-state index contributed by atoms with van der Waals surface area (Å²) in [5, 5.41) is 0.799. The van der Waals surface area contributed by atoms with E-state index in [0.29, 0.717) is 12.8 Å². The number of rotatable bonds is 5. The molecule has 0 aliphatic carbocycles. The first-order valence-electron chi connectivity index (χ1n) is 9.87. The highest BCUT2D eigenvalue weighted by Gasteiger charge is 2.22. The van der Waals surface area contributed by atoms with Gasteiger partial charge in [0.1, 0.15) is 0 Å². The fourth-order valence-corrected chi connectivity index (χ4v) is 4.28. The zero-order valence-corrected chi connectivity index (χ0v) is 18.4. The van der Waals surface area contributed by atoms with Gasteiger partial charge in [0, 0.05) is 49.7 Å². The topological polar surface area (TPSA) is 49.3 Å². The van der Waals surface area contributed by atoms with Crippen molar-refractivity contribution in [2.45, 2.75) is 45.7 Å². The molecule has 1 saturated heterocycles. The third kappa shape index (κ3) is 4.49. The average Bonchev–Trinajstić information content (AvgIpc) is 2.69. The van der Waals surface area contributed by atoms with E-state index in [9.17, 15) is 4.79 Å². The van der Waals surface area contributed by atoms with Crippen LogP contribution in [0.3, 0.4) is 0 Å². The van der Waals surface area contributed by atoms with E-state index in [2.05, 4.69) is 46.9 Å². The van der Waals surface area contributed by atoms with E-state index < -0.39 is 0 Å². The lowest BCUT2D eigenvalue weighted by atomic mass is 10.1. The van der Waals surface area contributed by atoms with Crippen molar-refractivity contribution in [3.05, 3.63) is 46.3 Å². The summed E-state index contributed by atoms with van der Waals surface area (Å²) in [6.45, 7) is 11.7. The molecule has 28 heavy (non-hydrogen) atoms. The Morgan fingerprint density at radius 1 is 1.04 bits per heavy atom. The Kier molecular flexibility index (Phi) is 6.60. The van der Waals surface area contributed by atoms with Gasteiger partial charge in [-0.1, -0.05) is 23.9 Å². The Balaban J connectivity index is 1.57. The third-order valence-electron chi connectivity index (χ3n) is 5.72. The summed E-state index contributed by atoms with van der Waals surface area (Å²) >= 11 is 1.55. The number of aromatic nitrogens is 2. The largest absolute Gasteiger partial charge is 0.368 e. The van der Waals surface area contributed by atoms with E-state index in [-0.39, 0.29) is 5.91 Å². The summed E-state index contributed by atoms with van der Waals surface area (Å²) in [5.41, 5.74) is 7.04. The number of amides is 1. The number of hydrogen-bond acceptors (Lipinski definition) is 5. The first-order valence-corrected chi connectivity index (χ1v) is 11.1. The molecule has 0 radical (unpaired) electrons. The van der Waals surface area contributed by atoms with Crippen molar-refractivity contribution < 1.29 is 4.79 Å². The number of benzene rings is 1. The van der Waals surface area contributed by atoms with Crippen molar-refractivity contribution in [1.82, 2.24) is 14.9 Å². The van der Waals surface area contributed by atoms with E-state index in [0.717, 1.165) is 48.3 Å². The molecule has 3 rings (SSSR count). The molecule has 0 spiro atoms. The Labute approximate surface area is 172 Å². The number of anilines is 1. The first kappa shape index (κ1) is 20.6. The van der Waals surface area contributed by atoms with Gasteiger partial charge in [-0.3, -0.25) is 4.79 Å². The quantitative estimate of drug-likeness (QED) is 0.568. The van der Waals surface area contributed by atoms with Gasteiger partial charge in [0.2, 0.25) is 5.91 Å². The van der Waals surface area contributed by atoms with Crippen LogP contribution in [-0.4, -0.2) is 53.2 Å². The van der Waals surface area contributed by atoms with Crippen LogP contribution in [0.4, 0.5) is 5.69 Å². The Hall–Kier alpha value is -2.08. The van der Waals surface area contributed by atoms with Crippen LogP contribution in [0.25, 0.3) is 0 Å². The zero-order chi connectivity index (χ0) is 20.3. The van der Waals surface area contributed by atoms with Crippen molar-refractivity contribution in [2.24, 2.45) is 0 Å². The lowest BCUT2D eigenvalue weighted by Crippen LogP contribution is -2.49. The highest BCUT2D eigenvalue weighted by molar-refractivity contribution is 7.98. The molecule has 1 aliphatic rings. The van der Waals surface area contributed by atoms with Crippen LogP contribution in [0.2, 0.25) is 0 Å². The lowest BCUT2D eigenvalue weighted by molar-refractivity contribution is -0.131. The zero-order valence-electron chi connectivity index (χ0n) is 17.6. The normalized spacial score (nSPS) is 14.5. The number of thioether (sulfide) groups is 1. The van der Waals surface area contributed by atoms with Gasteiger partial charge < -0.3 is 9.80 Å². The smallest absolute Gasteiger partial charge is 0.223 e. The van der Waals surface area contributed by atoms with Crippen LogP contribution >= 0.6 is 11.8 Å². The number of hydrogen-bond donors (Lipinski definition) is 0. The van der Waals surface area contributed by atoms with Crippen LogP contribution in [0.1, 0.15) is 34.5 Å². The summed E-state index contributed by atoms with van der Waals surface area (Å²) in [7, 11) is 0. The van der Waals surface area contributed by atoms with E-state index >= 15 is 0 Å². The number of aryl methyl sites for hydroxylation is 3. The Morgan fingerprint density at radius 3 is 2.29 bits per heavy atom. The van der Waals surface area contributed by atoms with E-state index in [1.54, 1.807) is 11.8 Å². The molecule has 1 amide bonds. The van der Waals surface area contributed by atoms with Gasteiger partial charge in [-0.2, -0.15) is 0 Å². The predicted molar refractivity (Wildman–Crippen MR) is 116 cm³/mol. The highest BCUT2D eigenvalue weighted by Crippen LogP contribution is 2.24. The third-order valence-corrected chi connectivity index (χ3v) is 6.27. The maximum Gasteiger partial charge on any atom is 0.223 e. The molecule has 1 aliphatic heterocycles. The van der Waals surface area contributed by atoms with Gasteiger partial charge in [0.25, 0.3) is 0 Å². The minimum absolute atomic E-state index is 0.230. The standard InChI is InChI=1S/C22H30N4OS/c1-15-7-6-8-20(16(15)2)25-11-13-26(14-12-25)21(27)10-9-19-17(3)23-22(28-5)24-18(19)4/h6-8H,9-14H2,1-5H3. The van der Waals surface area contributed by atoms with Gasteiger partial charge in [0.05, 0.1) is 0 Å². The predicted octanol–water partition coefficient (Wildman–Crippen LogP) is 3.71. The summed E-state index contributed by atoms with van der Waals surface area (Å²) in [6.07, 6.45) is 3.21. The first-order chi connectivity index (χ1) is 13.4. The lowest BCUT2D eigenvalue weighted by Gasteiger charge is -2.37. The molecule has 0 atom stereocenters. The van der Waals surface area contributed by atoms with Crippen molar-refractivity contribution >= 4 is 23.4 Å². The monoisotopic (exact) mass is 398 g/mol. The number of nitrogens with zero attached hydrogens (tertiary/aromatic N) is 4. The molecule has 150 valence electrons. The molecule has 6 heteroatoms. The molecular formula is C22H30N4OS. The van der Waals surface area contributed by atoms with Gasteiger partial charge >= 0.3 is 0 Å². The van der Waals surface area contributed by atoms with Gasteiger partial charge in [-0.25, -0.2) is 9.97 Å².